The molecular weight excluding hydrogens is 310 g/mol. The summed E-state index contributed by atoms with van der Waals surface area (Å²) in [5, 5.41) is 0. The number of carbonyl (C=O) groups excluding carboxylic acids is 2. The molecule has 132 valence electrons. The number of carbonyl (C=O) groups is 2. The fourth-order valence-corrected chi connectivity index (χ4v) is 2.57. The van der Waals surface area contributed by atoms with Gasteiger partial charge in [-0.1, -0.05) is 24.3 Å². The van der Waals surface area contributed by atoms with Crippen molar-refractivity contribution in [1.82, 2.24) is 4.90 Å². The number of fused-ring (bicyclic) bond motifs is 1. The molecular formula is C18H25NO5. The lowest BCUT2D eigenvalue weighted by Crippen LogP contribution is -2.44. The van der Waals surface area contributed by atoms with Crippen LogP contribution in [0.3, 0.4) is 0 Å². The van der Waals surface area contributed by atoms with Gasteiger partial charge in [-0.25, -0.2) is 4.79 Å². The molecule has 1 aromatic carbocycles. The normalized spacial score (nSPS) is 17.3. The van der Waals surface area contributed by atoms with Gasteiger partial charge in [0, 0.05) is 12.1 Å². The molecule has 1 atom stereocenters. The van der Waals surface area contributed by atoms with E-state index >= 15 is 0 Å². The first kappa shape index (κ1) is 18.4. The molecule has 1 aromatic rings. The number of hydrogen-bond acceptors (Lipinski definition) is 5. The fourth-order valence-electron chi connectivity index (χ4n) is 2.57. The summed E-state index contributed by atoms with van der Waals surface area (Å²) in [5.41, 5.74) is 1.56. The van der Waals surface area contributed by atoms with Crippen molar-refractivity contribution >= 4 is 12.4 Å². The van der Waals surface area contributed by atoms with Crippen LogP contribution in [0.5, 0.6) is 0 Å². The number of benzene rings is 1. The Morgan fingerprint density at radius 1 is 1.29 bits per heavy atom. The predicted octanol–water partition coefficient (Wildman–Crippen LogP) is 2.71. The van der Waals surface area contributed by atoms with Gasteiger partial charge in [0.2, 0.25) is 0 Å². The largest absolute Gasteiger partial charge is 0.444 e. The van der Waals surface area contributed by atoms with Crippen LogP contribution in [-0.4, -0.2) is 49.2 Å². The molecule has 1 heterocycles. The van der Waals surface area contributed by atoms with Gasteiger partial charge in [0.05, 0.1) is 13.2 Å². The third kappa shape index (κ3) is 5.04. The smallest absolute Gasteiger partial charge is 0.412 e. The molecule has 0 saturated heterocycles. The molecule has 1 unspecified atom stereocenters. The Balaban J connectivity index is 2.10. The van der Waals surface area contributed by atoms with Gasteiger partial charge >= 0.3 is 6.09 Å². The van der Waals surface area contributed by atoms with Crippen molar-refractivity contribution in [1.29, 1.82) is 0 Å². The Labute approximate surface area is 142 Å². The number of hydrogen-bond donors (Lipinski definition) is 0. The molecule has 0 radical (unpaired) electrons. The molecule has 0 N–H and O–H groups in total. The zero-order valence-corrected chi connectivity index (χ0v) is 14.5. The van der Waals surface area contributed by atoms with Crippen LogP contribution in [0.25, 0.3) is 0 Å². The van der Waals surface area contributed by atoms with E-state index in [1.165, 1.54) is 0 Å². The number of rotatable bonds is 6. The van der Waals surface area contributed by atoms with Crippen molar-refractivity contribution in [2.45, 2.75) is 39.0 Å². The van der Waals surface area contributed by atoms with Crippen molar-refractivity contribution < 1.29 is 23.8 Å². The standard InChI is InChI=1S/C18H25NO5/c1-18(2,3)24-17(21)19-9-8-14-6-4-5-7-15(14)16(19)23-13-12-22-11-10-20/h4-7,10,16H,8-9,11-13H2,1-3H3. The monoisotopic (exact) mass is 335 g/mol. The second-order valence-electron chi connectivity index (χ2n) is 6.59. The van der Waals surface area contributed by atoms with Crippen LogP contribution < -0.4 is 0 Å². The minimum absolute atomic E-state index is 0.0421. The lowest BCUT2D eigenvalue weighted by Gasteiger charge is -2.37. The van der Waals surface area contributed by atoms with Crippen molar-refractivity contribution in [2.24, 2.45) is 0 Å². The highest BCUT2D eigenvalue weighted by Crippen LogP contribution is 2.31. The van der Waals surface area contributed by atoms with Gasteiger partial charge in [0.1, 0.15) is 18.5 Å². The van der Waals surface area contributed by atoms with E-state index in [0.29, 0.717) is 19.4 Å². The fraction of sp³-hybridized carbons (Fsp3) is 0.556. The Kier molecular flexibility index (Phi) is 6.34. The van der Waals surface area contributed by atoms with Crippen molar-refractivity contribution in [2.75, 3.05) is 26.4 Å². The number of ether oxygens (including phenoxy) is 3. The van der Waals surface area contributed by atoms with Gasteiger partial charge in [-0.05, 0) is 32.8 Å². The molecule has 1 aliphatic heterocycles. The first-order valence-electron chi connectivity index (χ1n) is 8.13. The second-order valence-corrected chi connectivity index (χ2v) is 6.59. The van der Waals surface area contributed by atoms with Crippen LogP contribution in [0.15, 0.2) is 24.3 Å². The first-order valence-corrected chi connectivity index (χ1v) is 8.13. The summed E-state index contributed by atoms with van der Waals surface area (Å²) in [6, 6.07) is 7.91. The maximum atomic E-state index is 12.5. The van der Waals surface area contributed by atoms with E-state index in [4.69, 9.17) is 14.2 Å². The second kappa shape index (κ2) is 8.26. The molecule has 1 aliphatic rings. The summed E-state index contributed by atoms with van der Waals surface area (Å²) in [6.07, 6.45) is 0.556. The van der Waals surface area contributed by atoms with Crippen LogP contribution in [0.2, 0.25) is 0 Å². The molecule has 0 saturated carbocycles. The Morgan fingerprint density at radius 2 is 2.04 bits per heavy atom. The number of nitrogens with zero attached hydrogens (tertiary/aromatic N) is 1. The molecule has 0 aromatic heterocycles. The van der Waals surface area contributed by atoms with Gasteiger partial charge in [-0.15, -0.1) is 0 Å². The lowest BCUT2D eigenvalue weighted by molar-refractivity contribution is -0.114. The molecule has 24 heavy (non-hydrogen) atoms. The van der Waals surface area contributed by atoms with Crippen LogP contribution in [0.4, 0.5) is 4.79 Å². The molecule has 6 nitrogen and oxygen atoms in total. The third-order valence-electron chi connectivity index (χ3n) is 3.54. The highest BCUT2D eigenvalue weighted by atomic mass is 16.6. The topological polar surface area (TPSA) is 65.1 Å². The molecule has 6 heteroatoms. The van der Waals surface area contributed by atoms with E-state index < -0.39 is 17.9 Å². The molecule has 1 amide bonds. The average molecular weight is 335 g/mol. The zero-order valence-electron chi connectivity index (χ0n) is 14.5. The Bertz CT molecular complexity index is 567. The SMILES string of the molecule is CC(C)(C)OC(=O)N1CCc2ccccc2C1OCCOCC=O. The van der Waals surface area contributed by atoms with Crippen LogP contribution in [0.1, 0.15) is 38.1 Å². The molecule has 0 bridgehead atoms. The third-order valence-corrected chi connectivity index (χ3v) is 3.54. The van der Waals surface area contributed by atoms with Gasteiger partial charge in [0.25, 0.3) is 0 Å². The van der Waals surface area contributed by atoms with E-state index in [0.717, 1.165) is 17.5 Å². The van der Waals surface area contributed by atoms with Crippen LogP contribution in [0, 0.1) is 0 Å². The minimum atomic E-state index is -0.564. The minimum Gasteiger partial charge on any atom is -0.444 e. The quantitative estimate of drug-likeness (QED) is 0.591. The molecule has 2 rings (SSSR count). The number of amides is 1. The highest BCUT2D eigenvalue weighted by Gasteiger charge is 2.34. The summed E-state index contributed by atoms with van der Waals surface area (Å²) in [6.45, 7) is 6.67. The van der Waals surface area contributed by atoms with E-state index in [1.807, 2.05) is 45.0 Å². The zero-order chi connectivity index (χ0) is 17.6. The van der Waals surface area contributed by atoms with Crippen molar-refractivity contribution in [3.05, 3.63) is 35.4 Å². The van der Waals surface area contributed by atoms with Gasteiger partial charge in [-0.3, -0.25) is 4.90 Å². The Hall–Kier alpha value is -1.92. The Morgan fingerprint density at radius 3 is 2.75 bits per heavy atom. The lowest BCUT2D eigenvalue weighted by atomic mass is 9.98. The maximum absolute atomic E-state index is 12.5. The molecule has 0 fully saturated rings. The summed E-state index contributed by atoms with van der Waals surface area (Å²) in [7, 11) is 0. The van der Waals surface area contributed by atoms with Gasteiger partial charge in [-0.2, -0.15) is 0 Å². The predicted molar refractivity (Wildman–Crippen MR) is 88.7 cm³/mol. The van der Waals surface area contributed by atoms with E-state index in [1.54, 1.807) is 4.90 Å². The van der Waals surface area contributed by atoms with Crippen LogP contribution >= 0.6 is 0 Å². The summed E-state index contributed by atoms with van der Waals surface area (Å²) in [5.74, 6) is 0. The van der Waals surface area contributed by atoms with Crippen molar-refractivity contribution in [3.8, 4) is 0 Å². The highest BCUT2D eigenvalue weighted by molar-refractivity contribution is 5.69. The number of aldehydes is 1. The molecule has 0 spiro atoms. The van der Waals surface area contributed by atoms with E-state index in [2.05, 4.69) is 0 Å². The first-order chi connectivity index (χ1) is 11.4. The molecule has 0 aliphatic carbocycles. The average Bonchev–Trinajstić information content (AvgIpc) is 2.53. The summed E-state index contributed by atoms with van der Waals surface area (Å²) in [4.78, 5) is 24.4. The van der Waals surface area contributed by atoms with Gasteiger partial charge in [0.15, 0.2) is 6.23 Å². The van der Waals surface area contributed by atoms with Crippen molar-refractivity contribution in [3.63, 3.8) is 0 Å². The van der Waals surface area contributed by atoms with Gasteiger partial charge < -0.3 is 19.0 Å². The van der Waals surface area contributed by atoms with E-state index in [-0.39, 0.29) is 13.2 Å². The summed E-state index contributed by atoms with van der Waals surface area (Å²) < 4.78 is 16.5. The maximum Gasteiger partial charge on any atom is 0.412 e. The summed E-state index contributed by atoms with van der Waals surface area (Å²) >= 11 is 0. The van der Waals surface area contributed by atoms with E-state index in [9.17, 15) is 9.59 Å². The van der Waals surface area contributed by atoms with Crippen LogP contribution in [-0.2, 0) is 25.4 Å².